The van der Waals surface area contributed by atoms with Gasteiger partial charge in [-0.3, -0.25) is 19.1 Å². The van der Waals surface area contributed by atoms with Gasteiger partial charge in [0.25, 0.3) is 11.5 Å². The summed E-state index contributed by atoms with van der Waals surface area (Å²) in [7, 11) is 1.78. The lowest BCUT2D eigenvalue weighted by Gasteiger charge is -2.14. The molecule has 0 aliphatic carbocycles. The van der Waals surface area contributed by atoms with Crippen molar-refractivity contribution in [2.75, 3.05) is 13.1 Å². The molecule has 31 heavy (non-hydrogen) atoms. The average molecular weight is 443 g/mol. The van der Waals surface area contributed by atoms with Crippen molar-refractivity contribution in [1.29, 1.82) is 0 Å². The number of pyridine rings is 1. The van der Waals surface area contributed by atoms with Crippen LogP contribution in [0.5, 0.6) is 0 Å². The van der Waals surface area contributed by atoms with Gasteiger partial charge < -0.3 is 9.47 Å². The predicted molar refractivity (Wildman–Crippen MR) is 119 cm³/mol. The number of thioether (sulfide) groups is 1. The zero-order chi connectivity index (χ0) is 22.0. The van der Waals surface area contributed by atoms with Crippen molar-refractivity contribution in [3.63, 3.8) is 0 Å². The average Bonchev–Trinajstić information content (AvgIpc) is 3.41. The lowest BCUT2D eigenvalue weighted by atomic mass is 10.2. The van der Waals surface area contributed by atoms with E-state index in [1.807, 2.05) is 17.9 Å². The Balaban J connectivity index is 1.53. The number of hydrogen-bond donors (Lipinski definition) is 1. The molecule has 0 spiro atoms. The smallest absolute Gasteiger partial charge is 0.330 e. The molecule has 0 aromatic carbocycles. The normalized spacial score (nSPS) is 13.9. The summed E-state index contributed by atoms with van der Waals surface area (Å²) in [6, 6.07) is 3.64. The van der Waals surface area contributed by atoms with E-state index in [1.54, 1.807) is 23.9 Å². The minimum Gasteiger partial charge on any atom is -0.339 e. The number of fused-ring (bicyclic) bond motifs is 1. The molecule has 0 saturated carbocycles. The van der Waals surface area contributed by atoms with Gasteiger partial charge in [0.2, 0.25) is 0 Å². The first-order valence-corrected chi connectivity index (χ1v) is 11.5. The number of carbonyl (C=O) groups is 1. The molecule has 4 heterocycles. The highest BCUT2D eigenvalue weighted by atomic mass is 32.2. The van der Waals surface area contributed by atoms with Gasteiger partial charge >= 0.3 is 5.69 Å². The Kier molecular flexibility index (Phi) is 6.26. The highest BCUT2D eigenvalue weighted by Crippen LogP contribution is 2.22. The monoisotopic (exact) mass is 442 g/mol. The number of imidazole rings is 1. The number of unbranched alkanes of at least 4 members (excludes halogenated alkanes) is 1. The molecule has 9 nitrogen and oxygen atoms in total. The van der Waals surface area contributed by atoms with Gasteiger partial charge in [-0.15, -0.1) is 0 Å². The minimum atomic E-state index is -0.429. The Hall–Kier alpha value is -2.88. The fraction of sp³-hybridized carbons (Fsp3) is 0.476. The van der Waals surface area contributed by atoms with E-state index in [1.165, 1.54) is 16.3 Å². The van der Waals surface area contributed by atoms with Crippen LogP contribution < -0.4 is 11.2 Å². The molecule has 4 rings (SSSR count). The van der Waals surface area contributed by atoms with Gasteiger partial charge in [-0.1, -0.05) is 25.1 Å². The van der Waals surface area contributed by atoms with Crippen LogP contribution in [0, 0.1) is 0 Å². The number of rotatable bonds is 7. The Labute approximate surface area is 183 Å². The molecular weight excluding hydrogens is 416 g/mol. The first-order valence-electron chi connectivity index (χ1n) is 10.6. The van der Waals surface area contributed by atoms with Crippen LogP contribution in [0.4, 0.5) is 0 Å². The van der Waals surface area contributed by atoms with Crippen LogP contribution in [-0.2, 0) is 19.3 Å². The van der Waals surface area contributed by atoms with Gasteiger partial charge in [0.15, 0.2) is 11.2 Å². The van der Waals surface area contributed by atoms with E-state index in [2.05, 4.69) is 15.0 Å². The van der Waals surface area contributed by atoms with Gasteiger partial charge in [-0.25, -0.2) is 14.8 Å². The summed E-state index contributed by atoms with van der Waals surface area (Å²) >= 11 is 1.47. The molecular formula is C21H26N6O3S. The summed E-state index contributed by atoms with van der Waals surface area (Å²) in [5.74, 6) is 1.19. The zero-order valence-electron chi connectivity index (χ0n) is 17.8. The molecule has 10 heteroatoms. The summed E-state index contributed by atoms with van der Waals surface area (Å²) in [4.78, 5) is 50.3. The molecule has 3 aromatic rings. The third-order valence-electron chi connectivity index (χ3n) is 5.57. The van der Waals surface area contributed by atoms with Crippen LogP contribution in [0.2, 0.25) is 0 Å². The Morgan fingerprint density at radius 2 is 2.00 bits per heavy atom. The zero-order valence-corrected chi connectivity index (χ0v) is 18.6. The van der Waals surface area contributed by atoms with Crippen molar-refractivity contribution < 1.29 is 4.79 Å². The molecule has 0 bridgehead atoms. The number of aryl methyl sites for hydroxylation is 2. The maximum Gasteiger partial charge on any atom is 0.330 e. The third kappa shape index (κ3) is 4.30. The number of H-pyrrole nitrogens is 1. The lowest BCUT2D eigenvalue weighted by Crippen LogP contribution is -2.31. The predicted octanol–water partition coefficient (Wildman–Crippen LogP) is 2.15. The highest BCUT2D eigenvalue weighted by molar-refractivity contribution is 7.98. The molecule has 1 saturated heterocycles. The fourth-order valence-corrected chi connectivity index (χ4v) is 4.60. The SMILES string of the molecule is CCCCn1c(=O)[nH]c(=O)c2c1nc(CSc1ccc(C(=O)N3CCCC3)cn1)n2C. The van der Waals surface area contributed by atoms with Crippen LogP contribution in [0.1, 0.15) is 48.8 Å². The summed E-state index contributed by atoms with van der Waals surface area (Å²) < 4.78 is 3.26. The standard InChI is InChI=1S/C21H26N6O3S/c1-3-4-11-27-18-17(19(28)24-21(27)30)25(2)15(23-18)13-31-16-8-7-14(12-22-16)20(29)26-9-5-6-10-26/h7-8,12H,3-6,9-11,13H2,1-2H3,(H,24,28,30). The van der Waals surface area contributed by atoms with Crippen molar-refractivity contribution in [3.8, 4) is 0 Å². The van der Waals surface area contributed by atoms with Gasteiger partial charge in [0, 0.05) is 32.9 Å². The number of hydrogen-bond acceptors (Lipinski definition) is 6. The highest BCUT2D eigenvalue weighted by Gasteiger charge is 2.20. The molecule has 0 atom stereocenters. The molecule has 1 amide bonds. The van der Waals surface area contributed by atoms with Crippen molar-refractivity contribution in [2.45, 2.75) is 49.9 Å². The van der Waals surface area contributed by atoms with Gasteiger partial charge in [0.1, 0.15) is 5.82 Å². The van der Waals surface area contributed by atoms with Gasteiger partial charge in [-0.2, -0.15) is 0 Å². The largest absolute Gasteiger partial charge is 0.339 e. The minimum absolute atomic E-state index is 0.0289. The van der Waals surface area contributed by atoms with Crippen molar-refractivity contribution >= 4 is 28.8 Å². The second-order valence-corrected chi connectivity index (χ2v) is 8.69. The molecule has 0 radical (unpaired) electrons. The molecule has 1 aliphatic rings. The number of amides is 1. The summed E-state index contributed by atoms with van der Waals surface area (Å²) in [5.41, 5.74) is 0.552. The Morgan fingerprint density at radius 1 is 1.23 bits per heavy atom. The first-order chi connectivity index (χ1) is 15.0. The second-order valence-electron chi connectivity index (χ2n) is 7.70. The van der Waals surface area contributed by atoms with Crippen LogP contribution in [0.3, 0.4) is 0 Å². The van der Waals surface area contributed by atoms with E-state index < -0.39 is 11.2 Å². The molecule has 0 unspecified atom stereocenters. The van der Waals surface area contributed by atoms with Gasteiger partial charge in [-0.05, 0) is 31.4 Å². The van der Waals surface area contributed by atoms with Crippen LogP contribution in [0.25, 0.3) is 11.2 Å². The van der Waals surface area contributed by atoms with E-state index in [9.17, 15) is 14.4 Å². The Bertz CT molecular complexity index is 1200. The molecule has 1 N–H and O–H groups in total. The quantitative estimate of drug-likeness (QED) is 0.562. The van der Waals surface area contributed by atoms with Crippen LogP contribution >= 0.6 is 11.8 Å². The van der Waals surface area contributed by atoms with Crippen molar-refractivity contribution in [3.05, 3.63) is 50.6 Å². The number of aromatic nitrogens is 5. The van der Waals surface area contributed by atoms with Crippen molar-refractivity contribution in [2.24, 2.45) is 7.05 Å². The van der Waals surface area contributed by atoms with Crippen LogP contribution in [-0.4, -0.2) is 48.0 Å². The van der Waals surface area contributed by atoms with E-state index in [0.29, 0.717) is 34.8 Å². The molecule has 164 valence electrons. The number of likely N-dealkylation sites (tertiary alicyclic amines) is 1. The fourth-order valence-electron chi connectivity index (χ4n) is 3.78. The van der Waals surface area contributed by atoms with E-state index >= 15 is 0 Å². The van der Waals surface area contributed by atoms with Crippen LogP contribution in [0.15, 0.2) is 32.9 Å². The second kappa shape index (κ2) is 9.09. The number of carbonyl (C=O) groups excluding carboxylic acids is 1. The molecule has 1 aliphatic heterocycles. The lowest BCUT2D eigenvalue weighted by molar-refractivity contribution is 0.0792. The van der Waals surface area contributed by atoms with E-state index in [0.717, 1.165) is 43.8 Å². The molecule has 1 fully saturated rings. The maximum atomic E-state index is 12.5. The molecule has 3 aromatic heterocycles. The summed E-state index contributed by atoms with van der Waals surface area (Å²) in [5, 5.41) is 0.766. The number of aromatic amines is 1. The van der Waals surface area contributed by atoms with E-state index in [4.69, 9.17) is 0 Å². The number of nitrogens with one attached hydrogen (secondary N) is 1. The van der Waals surface area contributed by atoms with Gasteiger partial charge in [0.05, 0.1) is 16.3 Å². The van der Waals surface area contributed by atoms with Crippen molar-refractivity contribution in [1.82, 2.24) is 29.0 Å². The number of nitrogens with zero attached hydrogens (tertiary/aromatic N) is 5. The Morgan fingerprint density at radius 3 is 2.68 bits per heavy atom. The van der Waals surface area contributed by atoms with E-state index in [-0.39, 0.29) is 5.91 Å². The summed E-state index contributed by atoms with van der Waals surface area (Å²) in [6.45, 7) is 4.18. The topological polar surface area (TPSA) is 106 Å². The maximum absolute atomic E-state index is 12.5. The third-order valence-corrected chi connectivity index (χ3v) is 6.51. The summed E-state index contributed by atoms with van der Waals surface area (Å²) in [6.07, 6.45) is 5.49. The first kappa shape index (κ1) is 21.4.